The zero-order chi connectivity index (χ0) is 18.3. The van der Waals surface area contributed by atoms with Crippen molar-refractivity contribution in [1.82, 2.24) is 21.3 Å². The molecule has 1 aliphatic heterocycles. The molecule has 1 aliphatic rings. The highest BCUT2D eigenvalue weighted by Crippen LogP contribution is 2.05. The second-order valence-electron chi connectivity index (χ2n) is 6.22. The van der Waals surface area contributed by atoms with Crippen LogP contribution < -0.4 is 21.3 Å². The number of carbonyl (C=O) groups excluding carboxylic acids is 3. The Labute approximate surface area is 140 Å². The second-order valence-corrected chi connectivity index (χ2v) is 6.22. The maximum absolute atomic E-state index is 12.1. The highest BCUT2D eigenvalue weighted by Gasteiger charge is 2.27. The van der Waals surface area contributed by atoms with Gasteiger partial charge in [-0.25, -0.2) is 0 Å². The normalized spacial score (nSPS) is 19.4. The molecule has 0 aromatic carbocycles. The second kappa shape index (κ2) is 9.21. The predicted octanol–water partition coefficient (Wildman–Crippen LogP) is -1.42. The van der Waals surface area contributed by atoms with E-state index in [4.69, 9.17) is 5.11 Å². The fourth-order valence-electron chi connectivity index (χ4n) is 2.32. The Morgan fingerprint density at radius 2 is 1.83 bits per heavy atom. The Balaban J connectivity index is 2.48. The van der Waals surface area contributed by atoms with Crippen LogP contribution in [0.25, 0.3) is 0 Å². The van der Waals surface area contributed by atoms with E-state index in [9.17, 15) is 19.2 Å². The first-order chi connectivity index (χ1) is 11.2. The number of aliphatic carboxylic acids is 1. The lowest BCUT2D eigenvalue weighted by molar-refractivity contribution is -0.142. The number of rotatable bonds is 8. The topological polar surface area (TPSA) is 137 Å². The highest BCUT2D eigenvalue weighted by molar-refractivity contribution is 5.92. The van der Waals surface area contributed by atoms with Crippen molar-refractivity contribution in [2.75, 3.05) is 13.1 Å². The van der Waals surface area contributed by atoms with Crippen LogP contribution in [0.15, 0.2) is 0 Å². The number of hydrogen-bond acceptors (Lipinski definition) is 5. The summed E-state index contributed by atoms with van der Waals surface area (Å²) in [5.41, 5.74) is 0. The summed E-state index contributed by atoms with van der Waals surface area (Å²) in [4.78, 5) is 46.7. The van der Waals surface area contributed by atoms with Gasteiger partial charge in [0.25, 0.3) is 0 Å². The van der Waals surface area contributed by atoms with E-state index in [0.29, 0.717) is 0 Å². The van der Waals surface area contributed by atoms with Gasteiger partial charge in [0.15, 0.2) is 0 Å². The Bertz CT molecular complexity index is 488. The van der Waals surface area contributed by atoms with Crippen LogP contribution >= 0.6 is 0 Å². The summed E-state index contributed by atoms with van der Waals surface area (Å²) < 4.78 is 0. The van der Waals surface area contributed by atoms with Gasteiger partial charge in [0.05, 0.1) is 12.6 Å². The SMILES string of the molecule is CC(C)[C@H](NC(=O)CNC(=O)[C@@H]1CCCN1)C(=O)N[C@@H](C)C(=O)O. The molecule has 1 saturated heterocycles. The third-order valence-corrected chi connectivity index (χ3v) is 3.79. The summed E-state index contributed by atoms with van der Waals surface area (Å²) in [6.07, 6.45) is 1.65. The number of carbonyl (C=O) groups is 4. The molecule has 1 fully saturated rings. The molecular formula is C15H26N4O5. The number of carboxylic acids is 1. The average Bonchev–Trinajstić information content (AvgIpc) is 3.03. The fourth-order valence-corrected chi connectivity index (χ4v) is 2.32. The zero-order valence-electron chi connectivity index (χ0n) is 14.2. The molecule has 0 bridgehead atoms. The molecule has 24 heavy (non-hydrogen) atoms. The molecule has 3 atom stereocenters. The van der Waals surface area contributed by atoms with Gasteiger partial charge in [-0.1, -0.05) is 13.8 Å². The van der Waals surface area contributed by atoms with Crippen molar-refractivity contribution in [2.24, 2.45) is 5.92 Å². The van der Waals surface area contributed by atoms with Gasteiger partial charge in [-0.2, -0.15) is 0 Å². The smallest absolute Gasteiger partial charge is 0.325 e. The molecule has 136 valence electrons. The zero-order valence-corrected chi connectivity index (χ0v) is 14.2. The van der Waals surface area contributed by atoms with Crippen molar-refractivity contribution in [3.63, 3.8) is 0 Å². The van der Waals surface area contributed by atoms with Crippen molar-refractivity contribution in [3.8, 4) is 0 Å². The van der Waals surface area contributed by atoms with Crippen molar-refractivity contribution in [1.29, 1.82) is 0 Å². The predicted molar refractivity (Wildman–Crippen MR) is 86.0 cm³/mol. The minimum atomic E-state index is -1.16. The van der Waals surface area contributed by atoms with E-state index in [-0.39, 0.29) is 24.4 Å². The molecule has 3 amide bonds. The first-order valence-corrected chi connectivity index (χ1v) is 8.06. The van der Waals surface area contributed by atoms with E-state index in [2.05, 4.69) is 21.3 Å². The third kappa shape index (κ3) is 6.15. The van der Waals surface area contributed by atoms with Crippen LogP contribution in [0.5, 0.6) is 0 Å². The van der Waals surface area contributed by atoms with Crippen LogP contribution in [0.4, 0.5) is 0 Å². The van der Waals surface area contributed by atoms with Gasteiger partial charge in [-0.05, 0) is 32.2 Å². The van der Waals surface area contributed by atoms with Crippen molar-refractivity contribution >= 4 is 23.7 Å². The van der Waals surface area contributed by atoms with Gasteiger partial charge in [0.1, 0.15) is 12.1 Å². The number of carboxylic acid groups (broad SMARTS) is 1. The maximum atomic E-state index is 12.1. The number of nitrogens with one attached hydrogen (secondary N) is 4. The lowest BCUT2D eigenvalue weighted by Gasteiger charge is -2.23. The van der Waals surface area contributed by atoms with Gasteiger partial charge in [0.2, 0.25) is 17.7 Å². The Hall–Kier alpha value is -2.16. The van der Waals surface area contributed by atoms with E-state index < -0.39 is 29.9 Å². The lowest BCUT2D eigenvalue weighted by atomic mass is 10.0. The molecule has 0 unspecified atom stereocenters. The molecule has 9 nitrogen and oxygen atoms in total. The van der Waals surface area contributed by atoms with Gasteiger partial charge < -0.3 is 26.4 Å². The van der Waals surface area contributed by atoms with Crippen LogP contribution in [0.1, 0.15) is 33.6 Å². The van der Waals surface area contributed by atoms with Crippen LogP contribution in [-0.2, 0) is 19.2 Å². The summed E-state index contributed by atoms with van der Waals surface area (Å²) in [6.45, 7) is 5.35. The van der Waals surface area contributed by atoms with E-state index >= 15 is 0 Å². The van der Waals surface area contributed by atoms with Gasteiger partial charge >= 0.3 is 5.97 Å². The fraction of sp³-hybridized carbons (Fsp3) is 0.733. The van der Waals surface area contributed by atoms with Gasteiger partial charge in [-0.15, -0.1) is 0 Å². The summed E-state index contributed by atoms with van der Waals surface area (Å²) in [5, 5.41) is 19.2. The minimum Gasteiger partial charge on any atom is -0.480 e. The van der Waals surface area contributed by atoms with E-state index in [1.807, 2.05) is 0 Å². The largest absolute Gasteiger partial charge is 0.480 e. The lowest BCUT2D eigenvalue weighted by Crippen LogP contribution is -2.55. The number of amides is 3. The quantitative estimate of drug-likeness (QED) is 0.367. The first-order valence-electron chi connectivity index (χ1n) is 8.06. The molecule has 9 heteroatoms. The van der Waals surface area contributed by atoms with Crippen LogP contribution in [-0.4, -0.2) is 60.0 Å². The molecule has 0 aliphatic carbocycles. The molecule has 0 saturated carbocycles. The van der Waals surface area contributed by atoms with Crippen LogP contribution in [0, 0.1) is 5.92 Å². The molecule has 1 rings (SSSR count). The summed E-state index contributed by atoms with van der Waals surface area (Å²) in [6, 6.07) is -2.21. The standard InChI is InChI=1S/C15H26N4O5/c1-8(2)12(14(22)18-9(3)15(23)24)19-11(20)7-17-13(21)10-5-4-6-16-10/h8-10,12,16H,4-7H2,1-3H3,(H,17,21)(H,18,22)(H,19,20)(H,23,24)/t9-,10-,12-/m0/s1. The molecule has 0 aromatic rings. The Morgan fingerprint density at radius 3 is 2.33 bits per heavy atom. The summed E-state index contributed by atoms with van der Waals surface area (Å²) >= 11 is 0. The van der Waals surface area contributed by atoms with E-state index in [0.717, 1.165) is 19.4 Å². The van der Waals surface area contributed by atoms with Crippen LogP contribution in [0.2, 0.25) is 0 Å². The first kappa shape index (κ1) is 19.9. The Morgan fingerprint density at radius 1 is 1.17 bits per heavy atom. The van der Waals surface area contributed by atoms with Gasteiger partial charge in [0, 0.05) is 0 Å². The highest BCUT2D eigenvalue weighted by atomic mass is 16.4. The summed E-state index contributed by atoms with van der Waals surface area (Å²) in [5.74, 6) is -2.71. The average molecular weight is 342 g/mol. The minimum absolute atomic E-state index is 0.234. The molecule has 0 spiro atoms. The van der Waals surface area contributed by atoms with E-state index in [1.54, 1.807) is 13.8 Å². The molecular weight excluding hydrogens is 316 g/mol. The van der Waals surface area contributed by atoms with Crippen molar-refractivity contribution in [2.45, 2.75) is 51.7 Å². The molecule has 5 N–H and O–H groups in total. The molecule has 0 radical (unpaired) electrons. The maximum Gasteiger partial charge on any atom is 0.325 e. The van der Waals surface area contributed by atoms with Crippen molar-refractivity contribution in [3.05, 3.63) is 0 Å². The summed E-state index contributed by atoms with van der Waals surface area (Å²) in [7, 11) is 0. The van der Waals surface area contributed by atoms with Gasteiger partial charge in [-0.3, -0.25) is 19.2 Å². The van der Waals surface area contributed by atoms with E-state index in [1.165, 1.54) is 6.92 Å². The monoisotopic (exact) mass is 342 g/mol. The van der Waals surface area contributed by atoms with Crippen LogP contribution in [0.3, 0.4) is 0 Å². The van der Waals surface area contributed by atoms with Crippen molar-refractivity contribution < 1.29 is 24.3 Å². The number of hydrogen-bond donors (Lipinski definition) is 5. The Kier molecular flexibility index (Phi) is 7.63. The third-order valence-electron chi connectivity index (χ3n) is 3.79. The molecule has 0 aromatic heterocycles. The molecule has 1 heterocycles.